The number of rotatable bonds is 6. The molecule has 1 aromatic rings. The second-order valence-electron chi connectivity index (χ2n) is 3.26. The summed E-state index contributed by atoms with van der Waals surface area (Å²) < 4.78 is 0. The van der Waals surface area contributed by atoms with Crippen molar-refractivity contribution in [3.8, 4) is 0 Å². The minimum Gasteiger partial charge on any atom is -0.337 e. The zero-order valence-corrected chi connectivity index (χ0v) is 9.73. The molecule has 0 aromatic carbocycles. The average Bonchev–Trinajstić information content (AvgIpc) is 2.65. The van der Waals surface area contributed by atoms with E-state index in [-0.39, 0.29) is 0 Å². The Bertz CT molecular complexity index is 277. The van der Waals surface area contributed by atoms with Gasteiger partial charge in [-0.25, -0.2) is 4.98 Å². The number of aromatic amines is 1. The van der Waals surface area contributed by atoms with E-state index >= 15 is 0 Å². The lowest BCUT2D eigenvalue weighted by Crippen LogP contribution is -1.95. The summed E-state index contributed by atoms with van der Waals surface area (Å²) >= 11 is 1.69. The molecule has 78 valence electrons. The standard InChI is InChI=1S/C11H18N2S/c1-4-7-14-11-12-8-10(13-11)9(5-2)6-3/h4,8-9H,1,5-7H2,2-3H3,(H,12,13). The Hall–Kier alpha value is -0.700. The molecule has 1 aromatic heterocycles. The lowest BCUT2D eigenvalue weighted by Gasteiger charge is -2.08. The highest BCUT2D eigenvalue weighted by molar-refractivity contribution is 7.99. The number of thioether (sulfide) groups is 1. The lowest BCUT2D eigenvalue weighted by molar-refractivity contribution is 0.624. The summed E-state index contributed by atoms with van der Waals surface area (Å²) in [5, 5.41) is 1.01. The van der Waals surface area contributed by atoms with Gasteiger partial charge in [-0.2, -0.15) is 0 Å². The van der Waals surface area contributed by atoms with Gasteiger partial charge in [0.1, 0.15) is 0 Å². The first-order valence-corrected chi connectivity index (χ1v) is 6.08. The molecule has 0 saturated heterocycles. The molecule has 3 heteroatoms. The van der Waals surface area contributed by atoms with E-state index in [0.717, 1.165) is 10.9 Å². The van der Waals surface area contributed by atoms with Crippen molar-refractivity contribution in [2.45, 2.75) is 37.8 Å². The van der Waals surface area contributed by atoms with Crippen molar-refractivity contribution in [1.29, 1.82) is 0 Å². The number of imidazole rings is 1. The fraction of sp³-hybridized carbons (Fsp3) is 0.545. The SMILES string of the molecule is C=CCSc1ncc(C(CC)CC)[nH]1. The molecule has 0 fully saturated rings. The van der Waals surface area contributed by atoms with Crippen LogP contribution in [0.4, 0.5) is 0 Å². The molecule has 0 aliphatic rings. The molecule has 2 nitrogen and oxygen atoms in total. The zero-order chi connectivity index (χ0) is 10.4. The molecule has 1 N–H and O–H groups in total. The van der Waals surface area contributed by atoms with Crippen LogP contribution >= 0.6 is 11.8 Å². The summed E-state index contributed by atoms with van der Waals surface area (Å²) in [5.41, 5.74) is 1.27. The molecular weight excluding hydrogens is 192 g/mol. The van der Waals surface area contributed by atoms with Crippen LogP contribution in [0, 0.1) is 0 Å². The molecule has 0 spiro atoms. The van der Waals surface area contributed by atoms with Gasteiger partial charge in [-0.05, 0) is 12.8 Å². The second-order valence-corrected chi connectivity index (χ2v) is 4.27. The van der Waals surface area contributed by atoms with Gasteiger partial charge in [-0.1, -0.05) is 31.7 Å². The van der Waals surface area contributed by atoms with Crippen LogP contribution in [-0.4, -0.2) is 15.7 Å². The van der Waals surface area contributed by atoms with Gasteiger partial charge >= 0.3 is 0 Å². The molecule has 0 atom stereocenters. The average molecular weight is 210 g/mol. The van der Waals surface area contributed by atoms with Gasteiger partial charge in [0, 0.05) is 23.6 Å². The summed E-state index contributed by atoms with van der Waals surface area (Å²) in [6.45, 7) is 8.12. The maximum absolute atomic E-state index is 4.33. The maximum atomic E-state index is 4.33. The molecule has 1 heterocycles. The highest BCUT2D eigenvalue weighted by Gasteiger charge is 2.09. The van der Waals surface area contributed by atoms with E-state index in [1.54, 1.807) is 11.8 Å². The molecular formula is C11H18N2S. The van der Waals surface area contributed by atoms with Gasteiger partial charge < -0.3 is 4.98 Å². The number of aromatic nitrogens is 2. The third-order valence-corrected chi connectivity index (χ3v) is 3.22. The predicted molar refractivity (Wildman–Crippen MR) is 62.8 cm³/mol. The molecule has 0 saturated carbocycles. The third-order valence-electron chi connectivity index (χ3n) is 2.34. The fourth-order valence-corrected chi connectivity index (χ4v) is 2.06. The molecule has 0 aliphatic heterocycles. The van der Waals surface area contributed by atoms with E-state index in [4.69, 9.17) is 0 Å². The first kappa shape index (κ1) is 11.4. The number of nitrogens with one attached hydrogen (secondary N) is 1. The zero-order valence-electron chi connectivity index (χ0n) is 8.92. The Kier molecular flexibility index (Phi) is 4.80. The Morgan fingerprint density at radius 1 is 1.57 bits per heavy atom. The van der Waals surface area contributed by atoms with Crippen LogP contribution in [0.3, 0.4) is 0 Å². The van der Waals surface area contributed by atoms with Crippen LogP contribution in [0.2, 0.25) is 0 Å². The smallest absolute Gasteiger partial charge is 0.165 e. The van der Waals surface area contributed by atoms with Crippen molar-refractivity contribution in [3.05, 3.63) is 24.5 Å². The van der Waals surface area contributed by atoms with E-state index in [2.05, 4.69) is 30.4 Å². The van der Waals surface area contributed by atoms with Crippen molar-refractivity contribution < 1.29 is 0 Å². The number of hydrogen-bond acceptors (Lipinski definition) is 2. The summed E-state index contributed by atoms with van der Waals surface area (Å²) in [5.74, 6) is 1.54. The molecule has 14 heavy (non-hydrogen) atoms. The molecule has 0 bridgehead atoms. The van der Waals surface area contributed by atoms with Gasteiger partial charge in [-0.15, -0.1) is 6.58 Å². The predicted octanol–water partition coefficient (Wildman–Crippen LogP) is 3.59. The number of H-pyrrole nitrogens is 1. The number of nitrogens with zero attached hydrogens (tertiary/aromatic N) is 1. The third kappa shape index (κ3) is 2.91. The van der Waals surface area contributed by atoms with Gasteiger partial charge in [-0.3, -0.25) is 0 Å². The van der Waals surface area contributed by atoms with Crippen LogP contribution in [-0.2, 0) is 0 Å². The highest BCUT2D eigenvalue weighted by Crippen LogP contribution is 2.23. The van der Waals surface area contributed by atoms with E-state index in [9.17, 15) is 0 Å². The van der Waals surface area contributed by atoms with Crippen molar-refractivity contribution in [2.75, 3.05) is 5.75 Å². The summed E-state index contributed by atoms with van der Waals surface area (Å²) in [6.07, 6.45) is 6.20. The molecule has 1 rings (SSSR count). The van der Waals surface area contributed by atoms with Crippen LogP contribution in [0.15, 0.2) is 24.0 Å². The van der Waals surface area contributed by atoms with E-state index in [1.165, 1.54) is 18.5 Å². The van der Waals surface area contributed by atoms with Gasteiger partial charge in [0.2, 0.25) is 0 Å². The van der Waals surface area contributed by atoms with Crippen molar-refractivity contribution >= 4 is 11.8 Å². The molecule has 0 amide bonds. The summed E-state index contributed by atoms with van der Waals surface area (Å²) in [7, 11) is 0. The first-order valence-electron chi connectivity index (χ1n) is 5.10. The molecule has 0 aliphatic carbocycles. The maximum Gasteiger partial charge on any atom is 0.165 e. The van der Waals surface area contributed by atoms with E-state index in [1.807, 2.05) is 12.3 Å². The highest BCUT2D eigenvalue weighted by atomic mass is 32.2. The first-order chi connectivity index (χ1) is 6.81. The Morgan fingerprint density at radius 3 is 2.86 bits per heavy atom. The van der Waals surface area contributed by atoms with Gasteiger partial charge in [0.25, 0.3) is 0 Å². The molecule has 0 unspecified atom stereocenters. The molecule has 0 radical (unpaired) electrons. The number of hydrogen-bond donors (Lipinski definition) is 1. The summed E-state index contributed by atoms with van der Waals surface area (Å²) in [6, 6.07) is 0. The van der Waals surface area contributed by atoms with Crippen LogP contribution in [0.1, 0.15) is 38.3 Å². The van der Waals surface area contributed by atoms with Crippen LogP contribution in [0.5, 0.6) is 0 Å². The normalized spacial score (nSPS) is 10.8. The Balaban J connectivity index is 2.61. The van der Waals surface area contributed by atoms with Crippen molar-refractivity contribution in [2.24, 2.45) is 0 Å². The van der Waals surface area contributed by atoms with Gasteiger partial charge in [0.05, 0.1) is 0 Å². The minimum absolute atomic E-state index is 0.626. The fourth-order valence-electron chi connectivity index (χ4n) is 1.46. The Morgan fingerprint density at radius 2 is 2.29 bits per heavy atom. The van der Waals surface area contributed by atoms with Crippen LogP contribution < -0.4 is 0 Å². The Labute approximate surface area is 90.2 Å². The van der Waals surface area contributed by atoms with Crippen molar-refractivity contribution in [1.82, 2.24) is 9.97 Å². The van der Waals surface area contributed by atoms with Crippen molar-refractivity contribution in [3.63, 3.8) is 0 Å². The minimum atomic E-state index is 0.626. The van der Waals surface area contributed by atoms with Gasteiger partial charge in [0.15, 0.2) is 5.16 Å². The van der Waals surface area contributed by atoms with Crippen LogP contribution in [0.25, 0.3) is 0 Å². The topological polar surface area (TPSA) is 28.7 Å². The second kappa shape index (κ2) is 5.91. The lowest BCUT2D eigenvalue weighted by atomic mass is 10.0. The van der Waals surface area contributed by atoms with E-state index < -0.39 is 0 Å². The quantitative estimate of drug-likeness (QED) is 0.574. The van der Waals surface area contributed by atoms with E-state index in [0.29, 0.717) is 5.92 Å². The largest absolute Gasteiger partial charge is 0.337 e. The monoisotopic (exact) mass is 210 g/mol. The summed E-state index contributed by atoms with van der Waals surface area (Å²) in [4.78, 5) is 7.68.